The third kappa shape index (κ3) is 0.972. The van der Waals surface area contributed by atoms with Gasteiger partial charge in [-0.1, -0.05) is 35.4 Å². The number of benzene rings is 1. The molecule has 0 spiro atoms. The quantitative estimate of drug-likeness (QED) is 0.601. The van der Waals surface area contributed by atoms with E-state index < -0.39 is 0 Å². The van der Waals surface area contributed by atoms with Crippen molar-refractivity contribution < 1.29 is 0 Å². The summed E-state index contributed by atoms with van der Waals surface area (Å²) >= 11 is 0. The summed E-state index contributed by atoms with van der Waals surface area (Å²) in [6.45, 7) is 0. The van der Waals surface area contributed by atoms with Gasteiger partial charge in [0.15, 0.2) is 5.82 Å². The Balaban J connectivity index is 2.19. The van der Waals surface area contributed by atoms with Gasteiger partial charge in [0, 0.05) is 5.56 Å². The molecule has 0 saturated heterocycles. The van der Waals surface area contributed by atoms with E-state index in [4.69, 9.17) is 0 Å². The summed E-state index contributed by atoms with van der Waals surface area (Å²) in [5.41, 5.74) is 0.964. The normalized spacial score (nSPS) is 10.9. The predicted molar refractivity (Wildman–Crippen MR) is 48.4 cm³/mol. The largest absolute Gasteiger partial charge is 0.290 e. The number of aromatic nitrogens is 6. The Morgan fingerprint density at radius 2 is 2.00 bits per heavy atom. The van der Waals surface area contributed by atoms with Crippen LogP contribution in [-0.2, 0) is 0 Å². The van der Waals surface area contributed by atoms with Crippen molar-refractivity contribution in [1.29, 1.82) is 0 Å². The third-order valence-electron chi connectivity index (χ3n) is 1.90. The first-order valence-corrected chi connectivity index (χ1v) is 4.13. The van der Waals surface area contributed by atoms with Crippen molar-refractivity contribution >= 4 is 5.78 Å². The minimum atomic E-state index is 0.476. The fraction of sp³-hybridized carbons (Fsp3) is 0. The molecule has 68 valence electrons. The van der Waals surface area contributed by atoms with Gasteiger partial charge < -0.3 is 0 Å². The van der Waals surface area contributed by atoms with Crippen LogP contribution in [0.15, 0.2) is 30.3 Å². The topological polar surface area (TPSA) is 71.8 Å². The number of hydrogen-bond acceptors (Lipinski definition) is 4. The van der Waals surface area contributed by atoms with Crippen LogP contribution in [-0.4, -0.2) is 30.2 Å². The van der Waals surface area contributed by atoms with Gasteiger partial charge in [-0.25, -0.2) is 0 Å². The fourth-order valence-corrected chi connectivity index (χ4v) is 1.25. The average Bonchev–Trinajstić information content (AvgIpc) is 2.78. The van der Waals surface area contributed by atoms with Gasteiger partial charge in [0.25, 0.3) is 5.78 Å². The minimum Gasteiger partial charge on any atom is -0.186 e. The zero-order chi connectivity index (χ0) is 9.38. The van der Waals surface area contributed by atoms with Crippen LogP contribution in [0.4, 0.5) is 0 Å². The van der Waals surface area contributed by atoms with Gasteiger partial charge in [-0.2, -0.15) is 10.2 Å². The van der Waals surface area contributed by atoms with Gasteiger partial charge in [0.1, 0.15) is 0 Å². The van der Waals surface area contributed by atoms with Crippen molar-refractivity contribution in [3.8, 4) is 11.4 Å². The SMILES string of the molecule is c1ccc(-c2nc3nn[nH]n3n2)cc1. The Morgan fingerprint density at radius 3 is 2.79 bits per heavy atom. The molecule has 6 nitrogen and oxygen atoms in total. The molecular weight excluding hydrogens is 180 g/mol. The van der Waals surface area contributed by atoms with Crippen molar-refractivity contribution in [1.82, 2.24) is 30.2 Å². The Bertz CT molecular complexity index is 523. The van der Waals surface area contributed by atoms with E-state index >= 15 is 0 Å². The molecule has 2 heterocycles. The van der Waals surface area contributed by atoms with E-state index in [-0.39, 0.29) is 0 Å². The first kappa shape index (κ1) is 7.19. The molecule has 0 unspecified atom stereocenters. The highest BCUT2D eigenvalue weighted by Gasteiger charge is 2.06. The van der Waals surface area contributed by atoms with Crippen LogP contribution in [0.5, 0.6) is 0 Å². The monoisotopic (exact) mass is 186 g/mol. The predicted octanol–water partition coefficient (Wildman–Crippen LogP) is 0.514. The lowest BCUT2D eigenvalue weighted by Crippen LogP contribution is -1.87. The Labute approximate surface area is 78.6 Å². The van der Waals surface area contributed by atoms with Crippen LogP contribution in [0.2, 0.25) is 0 Å². The van der Waals surface area contributed by atoms with Gasteiger partial charge in [-0.05, 0) is 5.21 Å². The zero-order valence-corrected chi connectivity index (χ0v) is 7.12. The van der Waals surface area contributed by atoms with E-state index in [1.807, 2.05) is 30.3 Å². The fourth-order valence-electron chi connectivity index (χ4n) is 1.25. The maximum atomic E-state index is 4.19. The summed E-state index contributed by atoms with van der Waals surface area (Å²) in [5.74, 6) is 1.12. The average molecular weight is 186 g/mol. The van der Waals surface area contributed by atoms with Gasteiger partial charge in [-0.15, -0.1) is 9.73 Å². The van der Waals surface area contributed by atoms with Crippen molar-refractivity contribution in [2.24, 2.45) is 0 Å². The molecule has 6 heteroatoms. The molecule has 0 aliphatic heterocycles. The van der Waals surface area contributed by atoms with E-state index in [1.165, 1.54) is 4.63 Å². The van der Waals surface area contributed by atoms with E-state index in [2.05, 4.69) is 25.6 Å². The molecule has 0 aliphatic rings. The highest BCUT2D eigenvalue weighted by molar-refractivity contribution is 5.55. The lowest BCUT2D eigenvalue weighted by molar-refractivity contribution is 0.745. The van der Waals surface area contributed by atoms with Crippen LogP contribution in [0, 0.1) is 0 Å². The molecule has 0 amide bonds. The van der Waals surface area contributed by atoms with Crippen molar-refractivity contribution in [3.63, 3.8) is 0 Å². The van der Waals surface area contributed by atoms with Crippen LogP contribution in [0.3, 0.4) is 0 Å². The molecular formula is C8H6N6. The molecule has 0 aliphatic carbocycles. The van der Waals surface area contributed by atoms with Crippen LogP contribution in [0.1, 0.15) is 0 Å². The van der Waals surface area contributed by atoms with Crippen LogP contribution in [0.25, 0.3) is 17.2 Å². The number of tetrazole rings is 1. The number of hydrogen-bond donors (Lipinski definition) is 1. The summed E-state index contributed by atoms with van der Waals surface area (Å²) in [7, 11) is 0. The summed E-state index contributed by atoms with van der Waals surface area (Å²) in [4.78, 5) is 4.19. The molecule has 3 aromatic rings. The third-order valence-corrected chi connectivity index (χ3v) is 1.90. The number of nitrogens with one attached hydrogen (secondary N) is 1. The lowest BCUT2D eigenvalue weighted by Gasteiger charge is -1.90. The maximum Gasteiger partial charge on any atom is 0.290 e. The van der Waals surface area contributed by atoms with Gasteiger partial charge in [0.2, 0.25) is 0 Å². The van der Waals surface area contributed by atoms with E-state index in [0.29, 0.717) is 11.6 Å². The highest BCUT2D eigenvalue weighted by Crippen LogP contribution is 2.13. The second kappa shape index (κ2) is 2.63. The number of nitrogens with zero attached hydrogens (tertiary/aromatic N) is 5. The van der Waals surface area contributed by atoms with E-state index in [9.17, 15) is 0 Å². The number of aromatic amines is 1. The zero-order valence-electron chi connectivity index (χ0n) is 7.12. The van der Waals surface area contributed by atoms with E-state index in [1.54, 1.807) is 0 Å². The van der Waals surface area contributed by atoms with Crippen LogP contribution >= 0.6 is 0 Å². The Kier molecular flexibility index (Phi) is 1.35. The second-order valence-corrected chi connectivity index (χ2v) is 2.81. The first-order valence-electron chi connectivity index (χ1n) is 4.13. The number of rotatable bonds is 1. The minimum absolute atomic E-state index is 0.476. The summed E-state index contributed by atoms with van der Waals surface area (Å²) < 4.78 is 1.43. The van der Waals surface area contributed by atoms with Gasteiger partial charge >= 0.3 is 0 Å². The summed E-state index contributed by atoms with van der Waals surface area (Å²) in [6.07, 6.45) is 0. The molecule has 2 aromatic heterocycles. The Morgan fingerprint density at radius 1 is 1.14 bits per heavy atom. The van der Waals surface area contributed by atoms with Crippen molar-refractivity contribution in [2.45, 2.75) is 0 Å². The smallest absolute Gasteiger partial charge is 0.186 e. The van der Waals surface area contributed by atoms with Crippen molar-refractivity contribution in [2.75, 3.05) is 0 Å². The molecule has 0 fully saturated rings. The molecule has 0 atom stereocenters. The molecule has 14 heavy (non-hydrogen) atoms. The first-order chi connectivity index (χ1) is 6.93. The van der Waals surface area contributed by atoms with Crippen LogP contribution < -0.4 is 0 Å². The molecule has 0 radical (unpaired) electrons. The molecule has 1 aromatic carbocycles. The maximum absolute atomic E-state index is 4.19. The standard InChI is InChI=1S/C8H6N6/c1-2-4-6(5-3-1)7-9-8-10-12-13-14(8)11-7/h1-5H,(H,9,10,11,13). The molecule has 3 rings (SSSR count). The molecule has 0 bridgehead atoms. The summed E-state index contributed by atoms with van der Waals surface area (Å²) in [6, 6.07) is 9.72. The second-order valence-electron chi connectivity index (χ2n) is 2.81. The van der Waals surface area contributed by atoms with Crippen molar-refractivity contribution in [3.05, 3.63) is 30.3 Å². The lowest BCUT2D eigenvalue weighted by atomic mass is 10.2. The van der Waals surface area contributed by atoms with Gasteiger partial charge in [0.05, 0.1) is 0 Å². The highest BCUT2D eigenvalue weighted by atomic mass is 15.6. The van der Waals surface area contributed by atoms with E-state index in [0.717, 1.165) is 5.56 Å². The summed E-state index contributed by atoms with van der Waals surface area (Å²) in [5, 5.41) is 14.1. The van der Waals surface area contributed by atoms with Gasteiger partial charge in [-0.3, -0.25) is 0 Å². The number of fused-ring (bicyclic) bond motifs is 1. The number of H-pyrrole nitrogens is 1. The molecule has 0 saturated carbocycles. The Hall–Kier alpha value is -2.24. The molecule has 1 N–H and O–H groups in total.